The highest BCUT2D eigenvalue weighted by Gasteiger charge is 1.88. The minimum Gasteiger partial charge on any atom is -0.353 e. The summed E-state index contributed by atoms with van der Waals surface area (Å²) in [5.74, 6) is 0. The Hall–Kier alpha value is 0.635. The summed E-state index contributed by atoms with van der Waals surface area (Å²) in [6.07, 6.45) is -2.81. The van der Waals surface area contributed by atoms with E-state index in [1.807, 2.05) is 0 Å². The third kappa shape index (κ3) is 79.8. The van der Waals surface area contributed by atoms with Crippen LogP contribution < -0.4 is 0 Å². The summed E-state index contributed by atoms with van der Waals surface area (Å²) in [6, 6.07) is 0. The van der Waals surface area contributed by atoms with Crippen molar-refractivity contribution in [2.24, 2.45) is 0 Å². The highest BCUT2D eigenvalue weighted by atomic mass is 32.4. The van der Waals surface area contributed by atoms with Gasteiger partial charge < -0.3 is 9.79 Å². The minimum absolute atomic E-state index is 1.22. The van der Waals surface area contributed by atoms with E-state index >= 15 is 0 Å². The number of rotatable bonds is 0. The van der Waals surface area contributed by atoms with E-state index in [0.29, 0.717) is 0 Å². The van der Waals surface area contributed by atoms with Crippen LogP contribution >= 0.6 is 6.37 Å². The summed E-state index contributed by atoms with van der Waals surface area (Å²) in [5, 5.41) is 0. The largest absolute Gasteiger partial charge is 0.353 e. The molecule has 0 atom stereocenters. The fourth-order valence-electron chi connectivity index (χ4n) is 0. The van der Waals surface area contributed by atoms with Crippen LogP contribution in [0.3, 0.4) is 0 Å². The Morgan fingerprint density at radius 1 is 1.60 bits per heavy atom. The van der Waals surface area contributed by atoms with Crippen molar-refractivity contribution in [3.05, 3.63) is 0 Å². The molecule has 5 heavy (non-hydrogen) atoms. The smallest absolute Gasteiger partial charge is 0.213 e. The molecule has 30 valence electrons. The normalized spacial score (nSPS) is 11.6. The van der Waals surface area contributed by atoms with Gasteiger partial charge >= 0.3 is 0 Å². The van der Waals surface area contributed by atoms with E-state index in [1.165, 1.54) is 7.57 Å². The van der Waals surface area contributed by atoms with Crippen LogP contribution in [0.15, 0.2) is 0 Å². The van der Waals surface area contributed by atoms with Gasteiger partial charge in [-0.1, -0.05) is 0 Å². The quantitative estimate of drug-likeness (QED) is 0.305. The summed E-state index contributed by atoms with van der Waals surface area (Å²) in [6.45, 7) is 0. The van der Waals surface area contributed by atoms with E-state index in [1.54, 1.807) is 0 Å². The molecular formula is H4BO2PS. The molecule has 0 bridgehead atoms. The first-order valence-corrected chi connectivity index (χ1v) is 4.18. The Balaban J connectivity index is 3.47. The molecule has 0 aliphatic rings. The maximum atomic E-state index is 8.00. The van der Waals surface area contributed by atoms with Crippen molar-refractivity contribution < 1.29 is 9.79 Å². The van der Waals surface area contributed by atoms with Crippen molar-refractivity contribution in [3.63, 3.8) is 0 Å². The highest BCUT2D eigenvalue weighted by molar-refractivity contribution is 8.20. The van der Waals surface area contributed by atoms with Crippen molar-refractivity contribution in [2.75, 3.05) is 0 Å². The molecule has 0 aromatic rings. The highest BCUT2D eigenvalue weighted by Crippen LogP contribution is 2.25. The van der Waals surface area contributed by atoms with Crippen LogP contribution in [0.5, 0.6) is 0 Å². The summed E-state index contributed by atoms with van der Waals surface area (Å²) in [7, 11) is 1.22. The molecule has 0 unspecified atom stereocenters. The molecule has 0 heterocycles. The molecule has 0 rings (SSSR count). The lowest BCUT2D eigenvalue weighted by Gasteiger charge is -1.90. The molecule has 0 spiro atoms. The Labute approximate surface area is 36.4 Å². The Bertz CT molecular complexity index is 55.8. The van der Waals surface area contributed by atoms with E-state index < -0.39 is 6.37 Å². The Kier molecular flexibility index (Phi) is 1.57. The number of hydrogen-bond donors (Lipinski definition) is 2. The summed E-state index contributed by atoms with van der Waals surface area (Å²) < 4.78 is 0. The third-order valence-corrected chi connectivity index (χ3v) is 0. The second-order valence-corrected chi connectivity index (χ2v) is 4.58. The van der Waals surface area contributed by atoms with Gasteiger partial charge in [0, 0.05) is 0 Å². The van der Waals surface area contributed by atoms with Crippen LogP contribution in [0.1, 0.15) is 0 Å². The molecule has 0 saturated heterocycles. The van der Waals surface area contributed by atoms with E-state index in [0.717, 1.165) is 0 Å². The van der Waals surface area contributed by atoms with Gasteiger partial charge in [0.15, 0.2) is 0 Å². The summed E-state index contributed by atoms with van der Waals surface area (Å²) in [4.78, 5) is 16.0. The molecule has 0 radical (unpaired) electrons. The van der Waals surface area contributed by atoms with Gasteiger partial charge in [-0.2, -0.15) is 0 Å². The van der Waals surface area contributed by atoms with E-state index in [4.69, 9.17) is 9.79 Å². The Morgan fingerprint density at radius 3 is 1.60 bits per heavy atom. The summed E-state index contributed by atoms with van der Waals surface area (Å²) >= 11 is 4.05. The first-order valence-electron chi connectivity index (χ1n) is 1.03. The van der Waals surface area contributed by atoms with Crippen LogP contribution in [0.2, 0.25) is 0 Å². The van der Waals surface area contributed by atoms with Crippen molar-refractivity contribution in [2.45, 2.75) is 0 Å². The first kappa shape index (κ1) is 5.63. The van der Waals surface area contributed by atoms with Crippen LogP contribution in [-0.2, 0) is 11.8 Å². The lowest BCUT2D eigenvalue weighted by atomic mass is 10.8. The second-order valence-electron chi connectivity index (χ2n) is 0.835. The molecule has 0 amide bonds. The predicted octanol–water partition coefficient (Wildman–Crippen LogP) is -1.17. The third-order valence-electron chi connectivity index (χ3n) is 0. The van der Waals surface area contributed by atoms with Gasteiger partial charge in [0.1, 0.15) is 6.37 Å². The van der Waals surface area contributed by atoms with Crippen molar-refractivity contribution in [1.29, 1.82) is 0 Å². The molecule has 0 saturated carbocycles. The maximum absolute atomic E-state index is 8.00. The Morgan fingerprint density at radius 2 is 1.60 bits per heavy atom. The molecule has 2 N–H and O–H groups in total. The van der Waals surface area contributed by atoms with Gasteiger partial charge in [-0.05, 0) is 11.8 Å². The van der Waals surface area contributed by atoms with Crippen LogP contribution in [0, 0.1) is 0 Å². The van der Waals surface area contributed by atoms with E-state index in [9.17, 15) is 0 Å². The lowest BCUT2D eigenvalue weighted by molar-refractivity contribution is 0.500. The zero-order valence-electron chi connectivity index (χ0n) is 2.75. The molecular weight excluding hydrogens is 106 g/mol. The molecule has 0 aliphatic carbocycles. The van der Waals surface area contributed by atoms with E-state index in [2.05, 4.69) is 11.8 Å². The average molecular weight is 110 g/mol. The molecule has 0 fully saturated rings. The maximum Gasteiger partial charge on any atom is 0.213 e. The first-order chi connectivity index (χ1) is 2.00. The lowest BCUT2D eigenvalue weighted by Crippen LogP contribution is -1.67. The van der Waals surface area contributed by atoms with Gasteiger partial charge in [-0.15, -0.1) is 0 Å². The standard InChI is InChI=1S/BH4O2PS/c1-4(2,3)5/h1H2,(H2,2,3,5). The minimum atomic E-state index is -2.81. The van der Waals surface area contributed by atoms with Gasteiger partial charge in [0.2, 0.25) is 7.57 Å². The topological polar surface area (TPSA) is 40.5 Å². The SMILES string of the molecule is BP(O)(O)=S. The average Bonchev–Trinajstić information content (AvgIpc) is 0.722. The van der Waals surface area contributed by atoms with Gasteiger partial charge in [-0.25, -0.2) is 0 Å². The van der Waals surface area contributed by atoms with Crippen LogP contribution in [0.25, 0.3) is 0 Å². The molecule has 0 aromatic heterocycles. The van der Waals surface area contributed by atoms with E-state index in [-0.39, 0.29) is 0 Å². The fourth-order valence-corrected chi connectivity index (χ4v) is 0. The van der Waals surface area contributed by atoms with Crippen molar-refractivity contribution >= 4 is 25.7 Å². The van der Waals surface area contributed by atoms with Crippen LogP contribution in [-0.4, -0.2) is 17.4 Å². The zero-order valence-corrected chi connectivity index (χ0v) is 4.46. The zero-order chi connectivity index (χ0) is 4.50. The van der Waals surface area contributed by atoms with Crippen LogP contribution in [0.4, 0.5) is 0 Å². The monoisotopic (exact) mass is 110 g/mol. The van der Waals surface area contributed by atoms with Crippen molar-refractivity contribution in [3.8, 4) is 0 Å². The van der Waals surface area contributed by atoms with Gasteiger partial charge in [-0.3, -0.25) is 0 Å². The van der Waals surface area contributed by atoms with Gasteiger partial charge in [0.05, 0.1) is 0 Å². The molecule has 0 aromatic carbocycles. The predicted molar refractivity (Wildman–Crippen MR) is 27.3 cm³/mol. The fraction of sp³-hybridized carbons (Fsp3) is 0. The molecule has 5 heteroatoms. The summed E-state index contributed by atoms with van der Waals surface area (Å²) in [5.41, 5.74) is 0. The molecule has 0 aliphatic heterocycles. The van der Waals surface area contributed by atoms with Crippen molar-refractivity contribution in [1.82, 2.24) is 0 Å². The second kappa shape index (κ2) is 1.39. The molecule has 2 nitrogen and oxygen atoms in total. The number of hydrogen-bond acceptors (Lipinski definition) is 1. The van der Waals surface area contributed by atoms with Gasteiger partial charge in [0.25, 0.3) is 0 Å².